The molecule has 0 bridgehead atoms. The third kappa shape index (κ3) is 3.20. The molecule has 0 radical (unpaired) electrons. The van der Waals surface area contributed by atoms with Crippen molar-refractivity contribution < 1.29 is 0 Å². The van der Waals surface area contributed by atoms with Gasteiger partial charge in [0.2, 0.25) is 0 Å². The predicted octanol–water partition coefficient (Wildman–Crippen LogP) is 2.87. The number of halogens is 1. The SMILES string of the molecule is CNC(C)C(C)=Cc1sc(N(C)C)nc1Cl. The summed E-state index contributed by atoms with van der Waals surface area (Å²) in [7, 11) is 5.87. The summed E-state index contributed by atoms with van der Waals surface area (Å²) in [6.07, 6.45) is 2.09. The van der Waals surface area contributed by atoms with Crippen molar-refractivity contribution in [1.29, 1.82) is 0 Å². The Kier molecular flexibility index (Phi) is 4.77. The summed E-state index contributed by atoms with van der Waals surface area (Å²) in [6.45, 7) is 4.21. The molecule has 0 spiro atoms. The third-order valence-corrected chi connectivity index (χ3v) is 4.03. The number of thiazole rings is 1. The van der Waals surface area contributed by atoms with Crippen molar-refractivity contribution in [2.45, 2.75) is 19.9 Å². The van der Waals surface area contributed by atoms with Gasteiger partial charge in [0, 0.05) is 20.1 Å². The molecule has 90 valence electrons. The fraction of sp³-hybridized carbons (Fsp3) is 0.545. The molecule has 1 unspecified atom stereocenters. The average Bonchev–Trinajstić information content (AvgIpc) is 2.59. The molecule has 0 aliphatic rings. The topological polar surface area (TPSA) is 28.2 Å². The molecule has 0 saturated heterocycles. The van der Waals surface area contributed by atoms with Crippen LogP contribution in [0.25, 0.3) is 6.08 Å². The second-order valence-electron chi connectivity index (χ2n) is 3.94. The van der Waals surface area contributed by atoms with E-state index in [1.807, 2.05) is 26.0 Å². The molecule has 3 nitrogen and oxygen atoms in total. The van der Waals surface area contributed by atoms with Gasteiger partial charge in [0.1, 0.15) is 5.15 Å². The first kappa shape index (κ1) is 13.5. The second-order valence-corrected chi connectivity index (χ2v) is 5.31. The van der Waals surface area contributed by atoms with Crippen LogP contribution in [0.1, 0.15) is 18.7 Å². The van der Waals surface area contributed by atoms with Crippen molar-refractivity contribution >= 4 is 34.1 Å². The number of hydrogen-bond acceptors (Lipinski definition) is 4. The number of likely N-dealkylation sites (N-methyl/N-ethyl adjacent to an activating group) is 1. The Labute approximate surface area is 106 Å². The Morgan fingerprint density at radius 3 is 2.62 bits per heavy atom. The van der Waals surface area contributed by atoms with E-state index in [1.165, 1.54) is 5.57 Å². The Morgan fingerprint density at radius 2 is 2.19 bits per heavy atom. The number of anilines is 1. The molecule has 16 heavy (non-hydrogen) atoms. The summed E-state index contributed by atoms with van der Waals surface area (Å²) in [4.78, 5) is 7.27. The van der Waals surface area contributed by atoms with Gasteiger partial charge in [0.25, 0.3) is 0 Å². The van der Waals surface area contributed by atoms with Crippen LogP contribution in [0.3, 0.4) is 0 Å². The van der Waals surface area contributed by atoms with Gasteiger partial charge in [-0.1, -0.05) is 28.5 Å². The number of nitrogens with zero attached hydrogens (tertiary/aromatic N) is 2. The summed E-state index contributed by atoms with van der Waals surface area (Å²) >= 11 is 7.69. The maximum absolute atomic E-state index is 6.09. The number of aromatic nitrogens is 1. The second kappa shape index (κ2) is 5.66. The Hall–Kier alpha value is -0.580. The summed E-state index contributed by atoms with van der Waals surface area (Å²) in [5, 5.41) is 4.71. The summed E-state index contributed by atoms with van der Waals surface area (Å²) in [5.74, 6) is 0. The minimum Gasteiger partial charge on any atom is -0.354 e. The van der Waals surface area contributed by atoms with Gasteiger partial charge in [-0.25, -0.2) is 4.98 Å². The van der Waals surface area contributed by atoms with Gasteiger partial charge in [-0.05, 0) is 27.0 Å². The first-order valence-corrected chi connectivity index (χ1v) is 6.34. The maximum atomic E-state index is 6.09. The highest BCUT2D eigenvalue weighted by molar-refractivity contribution is 7.17. The van der Waals surface area contributed by atoms with Crippen molar-refractivity contribution in [1.82, 2.24) is 10.3 Å². The number of hydrogen-bond donors (Lipinski definition) is 1. The van der Waals surface area contributed by atoms with Crippen LogP contribution in [0.4, 0.5) is 5.13 Å². The van der Waals surface area contributed by atoms with E-state index < -0.39 is 0 Å². The van der Waals surface area contributed by atoms with E-state index in [1.54, 1.807) is 11.3 Å². The van der Waals surface area contributed by atoms with Gasteiger partial charge in [0.15, 0.2) is 5.13 Å². The normalized spacial score (nSPS) is 14.0. The molecule has 0 aromatic carbocycles. The molecule has 0 saturated carbocycles. The predicted molar refractivity (Wildman–Crippen MR) is 73.6 cm³/mol. The number of rotatable bonds is 4. The van der Waals surface area contributed by atoms with Gasteiger partial charge >= 0.3 is 0 Å². The fourth-order valence-electron chi connectivity index (χ4n) is 1.14. The molecule has 1 N–H and O–H groups in total. The minimum absolute atomic E-state index is 0.348. The maximum Gasteiger partial charge on any atom is 0.186 e. The Bertz CT molecular complexity index is 385. The van der Waals surface area contributed by atoms with Gasteiger partial charge in [-0.3, -0.25) is 0 Å². The van der Waals surface area contributed by atoms with Crippen LogP contribution >= 0.6 is 22.9 Å². The van der Waals surface area contributed by atoms with E-state index in [2.05, 4.69) is 30.2 Å². The Balaban J connectivity index is 2.97. The molecule has 0 amide bonds. The summed E-state index contributed by atoms with van der Waals surface area (Å²) < 4.78 is 0. The van der Waals surface area contributed by atoms with Gasteiger partial charge < -0.3 is 10.2 Å². The van der Waals surface area contributed by atoms with E-state index in [0.717, 1.165) is 10.0 Å². The van der Waals surface area contributed by atoms with Gasteiger partial charge in [0.05, 0.1) is 4.88 Å². The molecular formula is C11H18ClN3S. The highest BCUT2D eigenvalue weighted by atomic mass is 35.5. The van der Waals surface area contributed by atoms with Gasteiger partial charge in [-0.15, -0.1) is 0 Å². The van der Waals surface area contributed by atoms with Crippen LogP contribution in [0.2, 0.25) is 5.15 Å². The lowest BCUT2D eigenvalue weighted by molar-refractivity contribution is 0.696. The van der Waals surface area contributed by atoms with Crippen LogP contribution in [0.5, 0.6) is 0 Å². The van der Waals surface area contributed by atoms with Crippen LogP contribution < -0.4 is 10.2 Å². The molecule has 1 aromatic heterocycles. The quantitative estimate of drug-likeness (QED) is 0.901. The highest BCUT2D eigenvalue weighted by Crippen LogP contribution is 2.30. The third-order valence-electron chi connectivity index (χ3n) is 2.46. The van der Waals surface area contributed by atoms with E-state index in [9.17, 15) is 0 Å². The van der Waals surface area contributed by atoms with Crippen LogP contribution in [0, 0.1) is 0 Å². The standard InChI is InChI=1S/C11H18ClN3S/c1-7(8(2)13-3)6-9-10(12)14-11(16-9)15(4)5/h6,8,13H,1-5H3. The zero-order chi connectivity index (χ0) is 12.3. The molecule has 0 fully saturated rings. The summed E-state index contributed by atoms with van der Waals surface area (Å²) in [6, 6.07) is 0.348. The molecule has 1 heterocycles. The zero-order valence-electron chi connectivity index (χ0n) is 10.3. The van der Waals surface area contributed by atoms with E-state index in [0.29, 0.717) is 11.2 Å². The van der Waals surface area contributed by atoms with E-state index >= 15 is 0 Å². The monoisotopic (exact) mass is 259 g/mol. The highest BCUT2D eigenvalue weighted by Gasteiger charge is 2.10. The lowest BCUT2D eigenvalue weighted by Gasteiger charge is -2.09. The summed E-state index contributed by atoms with van der Waals surface area (Å²) in [5.41, 5.74) is 1.25. The first-order chi connectivity index (χ1) is 7.45. The van der Waals surface area contributed by atoms with Crippen LogP contribution in [-0.4, -0.2) is 32.2 Å². The van der Waals surface area contributed by atoms with E-state index in [4.69, 9.17) is 11.6 Å². The largest absolute Gasteiger partial charge is 0.354 e. The van der Waals surface area contributed by atoms with Crippen LogP contribution in [-0.2, 0) is 0 Å². The number of nitrogens with one attached hydrogen (secondary N) is 1. The van der Waals surface area contributed by atoms with Crippen LogP contribution in [0.15, 0.2) is 5.57 Å². The molecular weight excluding hydrogens is 242 g/mol. The smallest absolute Gasteiger partial charge is 0.186 e. The van der Waals surface area contributed by atoms with Crippen molar-refractivity contribution in [3.63, 3.8) is 0 Å². The molecule has 1 atom stereocenters. The molecule has 0 aliphatic heterocycles. The van der Waals surface area contributed by atoms with Crippen molar-refractivity contribution in [3.8, 4) is 0 Å². The van der Waals surface area contributed by atoms with Gasteiger partial charge in [-0.2, -0.15) is 0 Å². The lowest BCUT2D eigenvalue weighted by atomic mass is 10.1. The zero-order valence-corrected chi connectivity index (χ0v) is 11.9. The van der Waals surface area contributed by atoms with Crippen molar-refractivity contribution in [3.05, 3.63) is 15.6 Å². The first-order valence-electron chi connectivity index (χ1n) is 5.14. The minimum atomic E-state index is 0.348. The van der Waals surface area contributed by atoms with Crippen molar-refractivity contribution in [2.75, 3.05) is 26.0 Å². The average molecular weight is 260 g/mol. The molecule has 0 aliphatic carbocycles. The Morgan fingerprint density at radius 1 is 1.56 bits per heavy atom. The molecule has 5 heteroatoms. The lowest BCUT2D eigenvalue weighted by Crippen LogP contribution is -2.21. The molecule has 1 aromatic rings. The van der Waals surface area contributed by atoms with Crippen molar-refractivity contribution in [2.24, 2.45) is 0 Å². The fourth-order valence-corrected chi connectivity index (χ4v) is 2.33. The van der Waals surface area contributed by atoms with E-state index in [-0.39, 0.29) is 0 Å². The molecule has 1 rings (SSSR count).